The Morgan fingerprint density at radius 1 is 1.75 bits per heavy atom. The van der Waals surface area contributed by atoms with Gasteiger partial charge >= 0.3 is 9.15 Å². The van der Waals surface area contributed by atoms with Crippen LogP contribution < -0.4 is 0 Å². The van der Waals surface area contributed by atoms with E-state index in [9.17, 15) is 12.8 Å². The Kier molecular flexibility index (Phi) is 3.03. The molecule has 50 valence electrons. The molecular formula is CH2ClFO3S2. The van der Waals surface area contributed by atoms with Gasteiger partial charge in [-0.15, -0.1) is 0 Å². The first-order valence-corrected chi connectivity index (χ1v) is 4.63. The lowest BCUT2D eigenvalue weighted by molar-refractivity contribution is 0.500. The molecule has 0 saturated carbocycles. The Hall–Kier alpha value is 0.480. The van der Waals surface area contributed by atoms with Gasteiger partial charge in [0, 0.05) is 0 Å². The molecule has 0 saturated heterocycles. The third-order valence-corrected chi connectivity index (χ3v) is 2.40. The molecule has 1 atom stereocenters. The van der Waals surface area contributed by atoms with Gasteiger partial charge in [0.2, 0.25) is 4.96 Å². The summed E-state index contributed by atoms with van der Waals surface area (Å²) in [6.45, 7) is 0. The van der Waals surface area contributed by atoms with Crippen molar-refractivity contribution in [2.24, 2.45) is 0 Å². The minimum Gasteiger partial charge on any atom is -0.277 e. The van der Waals surface area contributed by atoms with E-state index in [1.807, 2.05) is 0 Å². The zero-order valence-corrected chi connectivity index (χ0v) is 5.80. The van der Waals surface area contributed by atoms with Gasteiger partial charge in [0.15, 0.2) is 0 Å². The Balaban J connectivity index is 3.75. The minimum absolute atomic E-state index is 0.362. The van der Waals surface area contributed by atoms with Gasteiger partial charge in [-0.25, -0.2) is 4.39 Å². The zero-order valence-electron chi connectivity index (χ0n) is 3.41. The largest absolute Gasteiger partial charge is 0.323 e. The predicted octanol–water partition coefficient (Wildman–Crippen LogP) is 1.01. The second-order valence-corrected chi connectivity index (χ2v) is 4.73. The van der Waals surface area contributed by atoms with E-state index in [1.165, 1.54) is 0 Å². The third-order valence-electron chi connectivity index (χ3n) is 0.194. The van der Waals surface area contributed by atoms with E-state index >= 15 is 0 Å². The van der Waals surface area contributed by atoms with Crippen LogP contribution in [0.5, 0.6) is 0 Å². The normalized spacial score (nSPS) is 15.9. The molecule has 0 rings (SSSR count). The quantitative estimate of drug-likeness (QED) is 0.392. The molecule has 0 aliphatic heterocycles. The first-order valence-electron chi connectivity index (χ1n) is 1.35. The number of alkyl halides is 2. The average molecular weight is 181 g/mol. The average Bonchev–Trinajstić information content (AvgIpc) is 1.21. The molecule has 0 aromatic rings. The molecule has 0 spiro atoms. The van der Waals surface area contributed by atoms with Crippen LogP contribution in [0.15, 0.2) is 0 Å². The molecule has 0 heterocycles. The minimum atomic E-state index is -4.31. The van der Waals surface area contributed by atoms with Crippen LogP contribution in [0.1, 0.15) is 0 Å². The van der Waals surface area contributed by atoms with E-state index in [1.54, 1.807) is 0 Å². The van der Waals surface area contributed by atoms with E-state index in [2.05, 4.69) is 11.6 Å². The highest BCUT2D eigenvalue weighted by Crippen LogP contribution is 2.21. The second-order valence-electron chi connectivity index (χ2n) is 0.785. The zero-order chi connectivity index (χ0) is 6.78. The molecule has 1 unspecified atom stereocenters. The van der Waals surface area contributed by atoms with Crippen molar-refractivity contribution in [2.45, 2.75) is 4.96 Å². The monoisotopic (exact) mass is 180 g/mol. The van der Waals surface area contributed by atoms with Gasteiger partial charge in [-0.3, -0.25) is 4.55 Å². The van der Waals surface area contributed by atoms with Crippen molar-refractivity contribution in [3.8, 4) is 0 Å². The molecule has 3 nitrogen and oxygen atoms in total. The van der Waals surface area contributed by atoms with Gasteiger partial charge in [-0.2, -0.15) is 8.42 Å². The molecule has 0 aliphatic rings. The highest BCUT2D eigenvalue weighted by molar-refractivity contribution is 8.70. The van der Waals surface area contributed by atoms with Crippen LogP contribution in [0.3, 0.4) is 0 Å². The van der Waals surface area contributed by atoms with Crippen LogP contribution in [-0.4, -0.2) is 17.9 Å². The second kappa shape index (κ2) is 2.86. The van der Waals surface area contributed by atoms with E-state index in [4.69, 9.17) is 4.55 Å². The van der Waals surface area contributed by atoms with Crippen molar-refractivity contribution in [1.82, 2.24) is 0 Å². The SMILES string of the molecule is O=S(=O)(O)SC(F)Cl. The van der Waals surface area contributed by atoms with E-state index in [0.717, 1.165) is 0 Å². The topological polar surface area (TPSA) is 54.4 Å². The van der Waals surface area contributed by atoms with Crippen molar-refractivity contribution in [3.05, 3.63) is 0 Å². The summed E-state index contributed by atoms with van der Waals surface area (Å²) in [5, 5.41) is 0. The fourth-order valence-corrected chi connectivity index (χ4v) is 1.65. The standard InChI is InChI=1S/CH2ClFO3S2/c2-1(3)7-8(4,5)6/h1H,(H,4,5,6). The Morgan fingerprint density at radius 2 is 2.12 bits per heavy atom. The molecule has 0 radical (unpaired) electrons. The van der Waals surface area contributed by atoms with E-state index in [0.29, 0.717) is 0 Å². The lowest BCUT2D eigenvalue weighted by Crippen LogP contribution is -1.92. The predicted molar refractivity (Wildman–Crippen MR) is 29.9 cm³/mol. The smallest absolute Gasteiger partial charge is 0.277 e. The molecule has 0 aromatic heterocycles. The molecule has 0 fully saturated rings. The first-order chi connectivity index (χ1) is 3.42. The van der Waals surface area contributed by atoms with E-state index in [-0.39, 0.29) is 10.8 Å². The number of hydrogen-bond donors (Lipinski definition) is 1. The van der Waals surface area contributed by atoms with Crippen LogP contribution in [0.25, 0.3) is 0 Å². The van der Waals surface area contributed by atoms with Crippen molar-refractivity contribution in [1.29, 1.82) is 0 Å². The Bertz CT molecular complexity index is 151. The molecule has 0 amide bonds. The highest BCUT2D eigenvalue weighted by atomic mass is 35.5. The summed E-state index contributed by atoms with van der Waals surface area (Å²) in [6, 6.07) is 0. The first kappa shape index (κ1) is 8.48. The van der Waals surface area contributed by atoms with Gasteiger partial charge in [-0.1, -0.05) is 11.6 Å². The molecule has 7 heteroatoms. The van der Waals surface area contributed by atoms with Gasteiger partial charge in [0.1, 0.15) is 0 Å². The summed E-state index contributed by atoms with van der Waals surface area (Å²) in [5.74, 6) is 0. The maximum absolute atomic E-state index is 11.4. The lowest BCUT2D eigenvalue weighted by Gasteiger charge is -1.91. The fourth-order valence-electron chi connectivity index (χ4n) is 0.0919. The number of rotatable bonds is 2. The Labute approximate surface area is 54.4 Å². The lowest BCUT2D eigenvalue weighted by atomic mass is 11.8. The van der Waals surface area contributed by atoms with Gasteiger partial charge in [0.25, 0.3) is 0 Å². The highest BCUT2D eigenvalue weighted by Gasteiger charge is 2.12. The van der Waals surface area contributed by atoms with Crippen LogP contribution in [0.4, 0.5) is 4.39 Å². The van der Waals surface area contributed by atoms with Crippen molar-refractivity contribution >= 4 is 31.5 Å². The summed E-state index contributed by atoms with van der Waals surface area (Å²) in [5.41, 5.74) is 0. The van der Waals surface area contributed by atoms with Crippen LogP contribution in [0, 0.1) is 0 Å². The number of halogens is 2. The van der Waals surface area contributed by atoms with Crippen LogP contribution in [-0.2, 0) is 9.15 Å². The number of hydrogen-bond acceptors (Lipinski definition) is 3. The van der Waals surface area contributed by atoms with Crippen LogP contribution in [0.2, 0.25) is 0 Å². The summed E-state index contributed by atoms with van der Waals surface area (Å²) in [6.07, 6.45) is 0. The maximum Gasteiger partial charge on any atom is 0.323 e. The molecule has 0 aliphatic carbocycles. The van der Waals surface area contributed by atoms with Crippen molar-refractivity contribution < 1.29 is 17.4 Å². The summed E-state index contributed by atoms with van der Waals surface area (Å²) < 4.78 is 38.5. The van der Waals surface area contributed by atoms with Gasteiger partial charge in [-0.05, 0) is 0 Å². The summed E-state index contributed by atoms with van der Waals surface area (Å²) in [4.78, 5) is -2.11. The molecular weight excluding hydrogens is 179 g/mol. The molecule has 8 heavy (non-hydrogen) atoms. The Morgan fingerprint density at radius 3 is 2.12 bits per heavy atom. The molecule has 1 N–H and O–H groups in total. The van der Waals surface area contributed by atoms with E-state index < -0.39 is 14.1 Å². The van der Waals surface area contributed by atoms with Crippen molar-refractivity contribution in [3.63, 3.8) is 0 Å². The summed E-state index contributed by atoms with van der Waals surface area (Å²) in [7, 11) is -4.68. The van der Waals surface area contributed by atoms with Crippen LogP contribution >= 0.6 is 22.4 Å². The van der Waals surface area contributed by atoms with Gasteiger partial charge < -0.3 is 0 Å². The van der Waals surface area contributed by atoms with Crippen molar-refractivity contribution in [2.75, 3.05) is 0 Å². The fraction of sp³-hybridized carbons (Fsp3) is 1.00. The molecule has 0 bridgehead atoms. The van der Waals surface area contributed by atoms with Gasteiger partial charge in [0.05, 0.1) is 10.8 Å². The summed E-state index contributed by atoms with van der Waals surface area (Å²) >= 11 is 4.52. The maximum atomic E-state index is 11.4. The third kappa shape index (κ3) is 6.48. The molecule has 0 aromatic carbocycles.